The van der Waals surface area contributed by atoms with Crippen molar-refractivity contribution in [2.24, 2.45) is 7.05 Å². The van der Waals surface area contributed by atoms with Crippen LogP contribution in [0.4, 0.5) is 17.2 Å². The van der Waals surface area contributed by atoms with E-state index in [9.17, 15) is 14.9 Å². The normalized spacial score (nSPS) is 10.2. The number of benzene rings is 1. The van der Waals surface area contributed by atoms with Crippen LogP contribution in [0.2, 0.25) is 0 Å². The molecule has 0 bridgehead atoms. The first-order valence-corrected chi connectivity index (χ1v) is 5.52. The van der Waals surface area contributed by atoms with E-state index in [4.69, 9.17) is 0 Å². The average molecular weight is 260 g/mol. The van der Waals surface area contributed by atoms with Crippen molar-refractivity contribution in [3.8, 4) is 0 Å². The Hall–Kier alpha value is -2.70. The predicted molar refractivity (Wildman–Crippen MR) is 69.7 cm³/mol. The predicted octanol–water partition coefficient (Wildman–Crippen LogP) is 2.19. The minimum atomic E-state index is -0.466. The van der Waals surface area contributed by atoms with Crippen molar-refractivity contribution < 1.29 is 9.72 Å². The lowest BCUT2D eigenvalue weighted by molar-refractivity contribution is -0.384. The number of para-hydroxylation sites is 1. The third-order valence-electron chi connectivity index (χ3n) is 2.78. The number of nitrogens with zero attached hydrogens (tertiary/aromatic N) is 3. The molecule has 7 heteroatoms. The maximum atomic E-state index is 11.0. The molecule has 0 aliphatic heterocycles. The van der Waals surface area contributed by atoms with Gasteiger partial charge in [0.1, 0.15) is 11.5 Å². The van der Waals surface area contributed by atoms with Crippen molar-refractivity contribution in [2.45, 2.75) is 6.92 Å². The van der Waals surface area contributed by atoms with Crippen LogP contribution in [0.5, 0.6) is 0 Å². The molecule has 0 aliphatic carbocycles. The highest BCUT2D eigenvalue weighted by Crippen LogP contribution is 2.31. The number of rotatable bonds is 4. The van der Waals surface area contributed by atoms with Crippen LogP contribution in [-0.2, 0) is 7.05 Å². The fourth-order valence-corrected chi connectivity index (χ4v) is 1.78. The lowest BCUT2D eigenvalue weighted by Crippen LogP contribution is -2.05. The number of hydrogen-bond donors (Lipinski definition) is 1. The van der Waals surface area contributed by atoms with Gasteiger partial charge in [-0.05, 0) is 12.5 Å². The van der Waals surface area contributed by atoms with Gasteiger partial charge in [0, 0.05) is 13.1 Å². The third kappa shape index (κ3) is 2.30. The minimum absolute atomic E-state index is 0.0435. The Labute approximate surface area is 109 Å². The minimum Gasteiger partial charge on any atom is -0.334 e. The van der Waals surface area contributed by atoms with Crippen molar-refractivity contribution in [1.29, 1.82) is 0 Å². The van der Waals surface area contributed by atoms with Crippen LogP contribution in [0, 0.1) is 17.0 Å². The van der Waals surface area contributed by atoms with Crippen LogP contribution in [0.15, 0.2) is 24.4 Å². The summed E-state index contributed by atoms with van der Waals surface area (Å²) in [6, 6.07) is 4.78. The molecule has 1 aromatic carbocycles. The summed E-state index contributed by atoms with van der Waals surface area (Å²) in [7, 11) is 1.65. The maximum Gasteiger partial charge on any atom is 0.292 e. The Balaban J connectivity index is 2.51. The molecule has 0 atom stereocenters. The molecular weight excluding hydrogens is 248 g/mol. The van der Waals surface area contributed by atoms with Crippen LogP contribution >= 0.6 is 0 Å². The molecular formula is C12H12N4O3. The highest BCUT2D eigenvalue weighted by atomic mass is 16.6. The molecule has 98 valence electrons. The molecule has 0 unspecified atom stereocenters. The lowest BCUT2D eigenvalue weighted by Gasteiger charge is -2.10. The van der Waals surface area contributed by atoms with E-state index in [1.165, 1.54) is 16.9 Å². The Bertz CT molecular complexity index is 648. The number of hydrogen-bond acceptors (Lipinski definition) is 5. The van der Waals surface area contributed by atoms with Gasteiger partial charge in [-0.2, -0.15) is 5.10 Å². The topological polar surface area (TPSA) is 90.1 Å². The summed E-state index contributed by atoms with van der Waals surface area (Å²) in [6.07, 6.45) is 2.05. The standard InChI is InChI=1S/C12H12N4O3/c1-8-4-3-5-10(16(18)19)11(8)14-12-9(7-17)6-13-15(12)2/h3-7,14H,1-2H3. The summed E-state index contributed by atoms with van der Waals surface area (Å²) in [5.74, 6) is 0.424. The summed E-state index contributed by atoms with van der Waals surface area (Å²) >= 11 is 0. The highest BCUT2D eigenvalue weighted by Gasteiger charge is 2.18. The van der Waals surface area contributed by atoms with Crippen molar-refractivity contribution in [3.63, 3.8) is 0 Å². The highest BCUT2D eigenvalue weighted by molar-refractivity contribution is 5.85. The van der Waals surface area contributed by atoms with Crippen LogP contribution in [-0.4, -0.2) is 21.0 Å². The lowest BCUT2D eigenvalue weighted by atomic mass is 10.1. The van der Waals surface area contributed by atoms with Gasteiger partial charge in [0.2, 0.25) is 0 Å². The van der Waals surface area contributed by atoms with Crippen LogP contribution in [0.25, 0.3) is 0 Å². The zero-order valence-electron chi connectivity index (χ0n) is 10.5. The molecule has 1 N–H and O–H groups in total. The van der Waals surface area contributed by atoms with E-state index in [1.54, 1.807) is 26.1 Å². The van der Waals surface area contributed by atoms with E-state index in [0.29, 0.717) is 28.9 Å². The monoisotopic (exact) mass is 260 g/mol. The SMILES string of the molecule is Cc1cccc([N+](=O)[O-])c1Nc1c(C=O)cnn1C. The molecule has 1 aromatic heterocycles. The third-order valence-corrected chi connectivity index (χ3v) is 2.78. The summed E-state index contributed by atoms with van der Waals surface area (Å²) in [6.45, 7) is 1.76. The molecule has 0 radical (unpaired) electrons. The number of nitrogens with one attached hydrogen (secondary N) is 1. The molecule has 0 fully saturated rings. The largest absolute Gasteiger partial charge is 0.334 e. The molecule has 7 nitrogen and oxygen atoms in total. The number of aldehydes is 1. The number of aryl methyl sites for hydroxylation is 2. The first-order valence-electron chi connectivity index (χ1n) is 5.52. The number of nitro groups is 1. The molecule has 0 aliphatic rings. The Morgan fingerprint density at radius 2 is 2.21 bits per heavy atom. The number of anilines is 2. The second-order valence-electron chi connectivity index (χ2n) is 4.04. The zero-order valence-corrected chi connectivity index (χ0v) is 10.5. The van der Waals surface area contributed by atoms with E-state index < -0.39 is 4.92 Å². The van der Waals surface area contributed by atoms with Gasteiger partial charge in [-0.25, -0.2) is 0 Å². The fourth-order valence-electron chi connectivity index (χ4n) is 1.78. The van der Waals surface area contributed by atoms with Gasteiger partial charge in [0.25, 0.3) is 5.69 Å². The van der Waals surface area contributed by atoms with Gasteiger partial charge < -0.3 is 5.32 Å². The van der Waals surface area contributed by atoms with E-state index >= 15 is 0 Å². The molecule has 1 heterocycles. The van der Waals surface area contributed by atoms with Crippen molar-refractivity contribution in [3.05, 3.63) is 45.6 Å². The summed E-state index contributed by atoms with van der Waals surface area (Å²) in [5.41, 5.74) is 1.38. The Morgan fingerprint density at radius 1 is 1.47 bits per heavy atom. The first kappa shape index (κ1) is 12.7. The second-order valence-corrected chi connectivity index (χ2v) is 4.04. The molecule has 2 aromatic rings. The molecule has 2 rings (SSSR count). The summed E-state index contributed by atoms with van der Waals surface area (Å²) in [5, 5.41) is 17.9. The number of carbonyl (C=O) groups excluding carboxylic acids is 1. The van der Waals surface area contributed by atoms with E-state index in [0.717, 1.165) is 0 Å². The van der Waals surface area contributed by atoms with Crippen molar-refractivity contribution >= 4 is 23.5 Å². The van der Waals surface area contributed by atoms with Crippen molar-refractivity contribution in [2.75, 3.05) is 5.32 Å². The van der Waals surface area contributed by atoms with Gasteiger partial charge >= 0.3 is 0 Å². The Morgan fingerprint density at radius 3 is 2.84 bits per heavy atom. The van der Waals surface area contributed by atoms with Crippen LogP contribution in [0.1, 0.15) is 15.9 Å². The van der Waals surface area contributed by atoms with Crippen LogP contribution in [0.3, 0.4) is 0 Å². The molecule has 0 saturated heterocycles. The molecule has 19 heavy (non-hydrogen) atoms. The summed E-state index contributed by atoms with van der Waals surface area (Å²) < 4.78 is 1.46. The quantitative estimate of drug-likeness (QED) is 0.517. The zero-order chi connectivity index (χ0) is 14.0. The molecule has 0 saturated carbocycles. The van der Waals surface area contributed by atoms with E-state index in [-0.39, 0.29) is 5.69 Å². The van der Waals surface area contributed by atoms with Gasteiger partial charge in [-0.3, -0.25) is 19.6 Å². The van der Waals surface area contributed by atoms with Crippen molar-refractivity contribution in [1.82, 2.24) is 9.78 Å². The van der Waals surface area contributed by atoms with Gasteiger partial charge in [-0.1, -0.05) is 12.1 Å². The van der Waals surface area contributed by atoms with Gasteiger partial charge in [-0.15, -0.1) is 0 Å². The smallest absolute Gasteiger partial charge is 0.292 e. The number of aromatic nitrogens is 2. The van der Waals surface area contributed by atoms with E-state index in [2.05, 4.69) is 10.4 Å². The summed E-state index contributed by atoms with van der Waals surface area (Å²) in [4.78, 5) is 21.5. The van der Waals surface area contributed by atoms with Gasteiger partial charge in [0.05, 0.1) is 16.7 Å². The number of carbonyl (C=O) groups is 1. The van der Waals surface area contributed by atoms with Crippen LogP contribution < -0.4 is 5.32 Å². The average Bonchev–Trinajstić information content (AvgIpc) is 2.72. The number of nitro benzene ring substituents is 1. The van der Waals surface area contributed by atoms with Gasteiger partial charge in [0.15, 0.2) is 6.29 Å². The second kappa shape index (κ2) is 4.89. The maximum absolute atomic E-state index is 11.0. The molecule has 0 spiro atoms. The van der Waals surface area contributed by atoms with E-state index in [1.807, 2.05) is 0 Å². The Kier molecular flexibility index (Phi) is 3.28. The molecule has 0 amide bonds. The fraction of sp³-hybridized carbons (Fsp3) is 0.167. The first-order chi connectivity index (χ1) is 9.04.